The first-order valence-electron chi connectivity index (χ1n) is 12.6. The first-order valence-corrected chi connectivity index (χ1v) is 12.6. The van der Waals surface area contributed by atoms with E-state index in [9.17, 15) is 14.7 Å². The zero-order chi connectivity index (χ0) is 25.5. The third-order valence-electron chi connectivity index (χ3n) is 6.98. The molecule has 1 aromatic heterocycles. The van der Waals surface area contributed by atoms with Crippen molar-refractivity contribution in [1.29, 1.82) is 0 Å². The van der Waals surface area contributed by atoms with Crippen molar-refractivity contribution in [3.05, 3.63) is 30.0 Å². The predicted molar refractivity (Wildman–Crippen MR) is 141 cm³/mol. The number of hydrogen-bond donors (Lipinski definition) is 2. The lowest BCUT2D eigenvalue weighted by atomic mass is 10.1. The molecule has 37 heavy (non-hydrogen) atoms. The third kappa shape index (κ3) is 7.15. The molecule has 0 unspecified atom stereocenters. The number of amides is 1. The highest BCUT2D eigenvalue weighted by Gasteiger charge is 2.28. The highest BCUT2D eigenvalue weighted by Crippen LogP contribution is 2.41. The van der Waals surface area contributed by atoms with Crippen LogP contribution in [0.4, 0.5) is 0 Å². The van der Waals surface area contributed by atoms with Gasteiger partial charge in [0, 0.05) is 25.7 Å². The Labute approximate surface area is 223 Å². The highest BCUT2D eigenvalue weighted by atomic mass is 35.5. The number of carbonyl (C=O) groups is 2. The Morgan fingerprint density at radius 2 is 1.81 bits per heavy atom. The van der Waals surface area contributed by atoms with Crippen LogP contribution in [-0.2, 0) is 9.53 Å². The maximum absolute atomic E-state index is 13.3. The minimum absolute atomic E-state index is 0. The van der Waals surface area contributed by atoms with Gasteiger partial charge in [-0.25, -0.2) is 0 Å². The molecule has 10 nitrogen and oxygen atoms in total. The van der Waals surface area contributed by atoms with E-state index in [-0.39, 0.29) is 36.5 Å². The van der Waals surface area contributed by atoms with Crippen molar-refractivity contribution in [1.82, 2.24) is 20.0 Å². The van der Waals surface area contributed by atoms with Crippen LogP contribution in [0.1, 0.15) is 55.1 Å². The summed E-state index contributed by atoms with van der Waals surface area (Å²) in [5.41, 5.74) is 1.76. The molecule has 2 aliphatic rings. The standard InChI is InChI=1S/C26H36N4O6.ClH/c1-34-22-8-5-9-23(35-2)25(22)21-17-20(28-30(21)19-6-3-4-7-19)26(33)27-18(16-24(31)32)10-11-29-12-14-36-15-13-29;/h5,8-9,17-19H,3-4,6-7,10-16H2,1-2H3,(H,27,33)(H,31,32);1H/t18-;/m0./s1. The number of carboxylic acid groups (broad SMARTS) is 1. The summed E-state index contributed by atoms with van der Waals surface area (Å²) in [6.45, 7) is 3.66. The van der Waals surface area contributed by atoms with Gasteiger partial charge in [-0.05, 0) is 37.5 Å². The van der Waals surface area contributed by atoms with Crippen LogP contribution in [0.3, 0.4) is 0 Å². The molecule has 1 aromatic carbocycles. The molecule has 0 spiro atoms. The van der Waals surface area contributed by atoms with E-state index in [0.29, 0.717) is 37.7 Å². The molecule has 2 fully saturated rings. The van der Waals surface area contributed by atoms with Crippen molar-refractivity contribution in [3.63, 3.8) is 0 Å². The summed E-state index contributed by atoms with van der Waals surface area (Å²) in [7, 11) is 3.21. The summed E-state index contributed by atoms with van der Waals surface area (Å²) in [5.74, 6) is -0.0576. The molecular formula is C26H37ClN4O6. The minimum atomic E-state index is -0.946. The number of aliphatic carboxylic acids is 1. The Morgan fingerprint density at radius 3 is 2.41 bits per heavy atom. The summed E-state index contributed by atoms with van der Waals surface area (Å²) >= 11 is 0. The predicted octanol–water partition coefficient (Wildman–Crippen LogP) is 3.40. The number of benzene rings is 1. The lowest BCUT2D eigenvalue weighted by Crippen LogP contribution is -2.42. The number of rotatable bonds is 11. The first-order chi connectivity index (χ1) is 17.5. The van der Waals surface area contributed by atoms with Crippen LogP contribution in [0.15, 0.2) is 24.3 Å². The highest BCUT2D eigenvalue weighted by molar-refractivity contribution is 5.94. The molecule has 0 radical (unpaired) electrons. The Bertz CT molecular complexity index is 1030. The molecule has 2 aromatic rings. The van der Waals surface area contributed by atoms with E-state index < -0.39 is 12.0 Å². The van der Waals surface area contributed by atoms with E-state index in [1.165, 1.54) is 0 Å². The van der Waals surface area contributed by atoms with Crippen LogP contribution in [-0.4, -0.2) is 84.8 Å². The van der Waals surface area contributed by atoms with Crippen molar-refractivity contribution >= 4 is 24.3 Å². The Morgan fingerprint density at radius 1 is 1.16 bits per heavy atom. The molecule has 204 valence electrons. The van der Waals surface area contributed by atoms with Gasteiger partial charge in [-0.15, -0.1) is 12.4 Å². The fourth-order valence-electron chi connectivity index (χ4n) is 5.08. The quantitative estimate of drug-likeness (QED) is 0.449. The van der Waals surface area contributed by atoms with Gasteiger partial charge in [0.15, 0.2) is 5.69 Å². The molecule has 1 saturated carbocycles. The van der Waals surface area contributed by atoms with Crippen LogP contribution < -0.4 is 14.8 Å². The second-order valence-electron chi connectivity index (χ2n) is 9.35. The molecule has 2 heterocycles. The zero-order valence-corrected chi connectivity index (χ0v) is 22.3. The van der Waals surface area contributed by atoms with Crippen molar-refractivity contribution in [2.75, 3.05) is 47.1 Å². The SMILES string of the molecule is COc1cccc(OC)c1-c1cc(C(=O)N[C@@H](CCN2CCOCC2)CC(=O)O)nn1C1CCCC1.Cl. The number of hydrogen-bond acceptors (Lipinski definition) is 7. The van der Waals surface area contributed by atoms with Crippen molar-refractivity contribution in [2.45, 2.75) is 50.6 Å². The van der Waals surface area contributed by atoms with E-state index in [0.717, 1.165) is 50.0 Å². The molecule has 1 aliphatic heterocycles. The fraction of sp³-hybridized carbons (Fsp3) is 0.577. The number of halogens is 1. The maximum atomic E-state index is 13.3. The Kier molecular flexibility index (Phi) is 10.6. The number of morpholine rings is 1. The maximum Gasteiger partial charge on any atom is 0.305 e. The zero-order valence-electron chi connectivity index (χ0n) is 21.5. The van der Waals surface area contributed by atoms with Gasteiger partial charge in [-0.1, -0.05) is 18.9 Å². The van der Waals surface area contributed by atoms with E-state index in [1.807, 2.05) is 22.9 Å². The summed E-state index contributed by atoms with van der Waals surface area (Å²) in [6, 6.07) is 7.01. The third-order valence-corrected chi connectivity index (χ3v) is 6.98. The monoisotopic (exact) mass is 536 g/mol. The second-order valence-corrected chi connectivity index (χ2v) is 9.35. The van der Waals surface area contributed by atoms with E-state index in [1.54, 1.807) is 20.3 Å². The van der Waals surface area contributed by atoms with Crippen LogP contribution in [0.5, 0.6) is 11.5 Å². The van der Waals surface area contributed by atoms with E-state index in [2.05, 4.69) is 10.2 Å². The number of nitrogens with zero attached hydrogens (tertiary/aromatic N) is 3. The van der Waals surface area contributed by atoms with Crippen LogP contribution in [0, 0.1) is 0 Å². The van der Waals surface area contributed by atoms with Gasteiger partial charge in [0.1, 0.15) is 11.5 Å². The lowest BCUT2D eigenvalue weighted by molar-refractivity contribution is -0.137. The molecular weight excluding hydrogens is 500 g/mol. The summed E-state index contributed by atoms with van der Waals surface area (Å²) < 4.78 is 18.6. The first kappa shape index (κ1) is 28.7. The van der Waals surface area contributed by atoms with Gasteiger partial charge in [-0.3, -0.25) is 19.2 Å². The number of aromatic nitrogens is 2. The summed E-state index contributed by atoms with van der Waals surface area (Å²) in [4.78, 5) is 27.1. The van der Waals surface area contributed by atoms with Gasteiger partial charge in [0.05, 0.1) is 51.2 Å². The molecule has 4 rings (SSSR count). The number of carboxylic acids is 1. The summed E-state index contributed by atoms with van der Waals surface area (Å²) in [6.07, 6.45) is 4.57. The fourth-order valence-corrected chi connectivity index (χ4v) is 5.08. The van der Waals surface area contributed by atoms with Gasteiger partial charge in [-0.2, -0.15) is 5.10 Å². The van der Waals surface area contributed by atoms with Gasteiger partial charge >= 0.3 is 5.97 Å². The smallest absolute Gasteiger partial charge is 0.305 e. The topological polar surface area (TPSA) is 115 Å². The van der Waals surface area contributed by atoms with Gasteiger partial charge in [0.2, 0.25) is 0 Å². The molecule has 1 saturated heterocycles. The largest absolute Gasteiger partial charge is 0.496 e. The van der Waals surface area contributed by atoms with Crippen molar-refractivity contribution in [2.24, 2.45) is 0 Å². The molecule has 1 amide bonds. The molecule has 1 aliphatic carbocycles. The van der Waals surface area contributed by atoms with E-state index in [4.69, 9.17) is 19.3 Å². The molecule has 0 bridgehead atoms. The van der Waals surface area contributed by atoms with E-state index >= 15 is 0 Å². The van der Waals surface area contributed by atoms with Gasteiger partial charge in [0.25, 0.3) is 5.91 Å². The number of methoxy groups -OCH3 is 2. The molecule has 11 heteroatoms. The number of nitrogens with one attached hydrogen (secondary N) is 1. The number of ether oxygens (including phenoxy) is 3. The Balaban J connectivity index is 0.00000380. The second kappa shape index (κ2) is 13.6. The van der Waals surface area contributed by atoms with Crippen molar-refractivity contribution < 1.29 is 28.9 Å². The Hall–Kier alpha value is -2.82. The molecule has 1 atom stereocenters. The van der Waals surface area contributed by atoms with Crippen LogP contribution >= 0.6 is 12.4 Å². The average molecular weight is 537 g/mol. The average Bonchev–Trinajstić information content (AvgIpc) is 3.57. The van der Waals surface area contributed by atoms with Crippen LogP contribution in [0.2, 0.25) is 0 Å². The number of carbonyl (C=O) groups excluding carboxylic acids is 1. The van der Waals surface area contributed by atoms with Crippen molar-refractivity contribution in [3.8, 4) is 22.8 Å². The molecule has 2 N–H and O–H groups in total. The normalized spacial score (nSPS) is 17.1. The minimum Gasteiger partial charge on any atom is -0.496 e. The lowest BCUT2D eigenvalue weighted by Gasteiger charge is -2.28. The van der Waals surface area contributed by atoms with Gasteiger partial charge < -0.3 is 24.6 Å². The van der Waals surface area contributed by atoms with Crippen LogP contribution in [0.25, 0.3) is 11.3 Å². The summed E-state index contributed by atoms with van der Waals surface area (Å²) in [5, 5.41) is 17.1.